The highest BCUT2D eigenvalue weighted by Crippen LogP contribution is 2.25. The van der Waals surface area contributed by atoms with Crippen molar-refractivity contribution in [3.8, 4) is 5.75 Å². The van der Waals surface area contributed by atoms with E-state index in [1.54, 1.807) is 33.1 Å². The molecule has 0 bridgehead atoms. The standard InChI is InChI=1S/C14H20N2O4S/c1-9-7-13(10(2)6-12(9)20-3)21(18,19)15-8-11-4-5-14(17)16-11/h6-7,11,15H,4-5,8H2,1-3H3,(H,16,17). The van der Waals surface area contributed by atoms with Crippen molar-refractivity contribution in [1.82, 2.24) is 10.0 Å². The number of ether oxygens (including phenoxy) is 1. The van der Waals surface area contributed by atoms with Crippen LogP contribution in [-0.2, 0) is 14.8 Å². The smallest absolute Gasteiger partial charge is 0.240 e. The molecule has 21 heavy (non-hydrogen) atoms. The third kappa shape index (κ3) is 3.54. The Morgan fingerprint density at radius 2 is 2.05 bits per heavy atom. The molecule has 1 amide bonds. The lowest BCUT2D eigenvalue weighted by atomic mass is 10.1. The van der Waals surface area contributed by atoms with Crippen LogP contribution in [0.2, 0.25) is 0 Å². The van der Waals surface area contributed by atoms with E-state index in [2.05, 4.69) is 10.0 Å². The molecule has 1 atom stereocenters. The molecule has 1 saturated heterocycles. The second kappa shape index (κ2) is 6.03. The van der Waals surface area contributed by atoms with Crippen LogP contribution >= 0.6 is 0 Å². The number of hydrogen-bond acceptors (Lipinski definition) is 4. The van der Waals surface area contributed by atoms with E-state index in [1.165, 1.54) is 0 Å². The first-order valence-electron chi connectivity index (χ1n) is 6.78. The molecule has 1 heterocycles. The molecule has 0 aliphatic carbocycles. The van der Waals surface area contributed by atoms with Gasteiger partial charge in [0, 0.05) is 19.0 Å². The molecule has 1 aromatic carbocycles. The molecule has 0 spiro atoms. The minimum Gasteiger partial charge on any atom is -0.496 e. The van der Waals surface area contributed by atoms with Crippen LogP contribution in [0.5, 0.6) is 5.75 Å². The third-order valence-corrected chi connectivity index (χ3v) is 5.15. The van der Waals surface area contributed by atoms with Gasteiger partial charge in [-0.1, -0.05) is 0 Å². The molecule has 7 heteroatoms. The molecular weight excluding hydrogens is 292 g/mol. The number of nitrogens with one attached hydrogen (secondary N) is 2. The van der Waals surface area contributed by atoms with Crippen molar-refractivity contribution in [1.29, 1.82) is 0 Å². The van der Waals surface area contributed by atoms with Gasteiger partial charge in [-0.2, -0.15) is 0 Å². The summed E-state index contributed by atoms with van der Waals surface area (Å²) in [5, 5.41) is 2.74. The number of aryl methyl sites for hydroxylation is 2. The number of carbonyl (C=O) groups is 1. The highest BCUT2D eigenvalue weighted by Gasteiger charge is 2.24. The molecular formula is C14H20N2O4S. The Labute approximate surface area is 124 Å². The van der Waals surface area contributed by atoms with E-state index in [9.17, 15) is 13.2 Å². The highest BCUT2D eigenvalue weighted by atomic mass is 32.2. The van der Waals surface area contributed by atoms with Crippen LogP contribution in [0, 0.1) is 13.8 Å². The zero-order chi connectivity index (χ0) is 15.6. The predicted molar refractivity (Wildman–Crippen MR) is 78.8 cm³/mol. The van der Waals surface area contributed by atoms with Crippen molar-refractivity contribution >= 4 is 15.9 Å². The number of methoxy groups -OCH3 is 1. The lowest BCUT2D eigenvalue weighted by molar-refractivity contribution is -0.119. The molecule has 0 radical (unpaired) electrons. The zero-order valence-corrected chi connectivity index (χ0v) is 13.2. The minimum absolute atomic E-state index is 0.0318. The van der Waals surface area contributed by atoms with Crippen molar-refractivity contribution < 1.29 is 17.9 Å². The van der Waals surface area contributed by atoms with Crippen LogP contribution in [0.1, 0.15) is 24.0 Å². The van der Waals surface area contributed by atoms with E-state index in [0.29, 0.717) is 24.2 Å². The summed E-state index contributed by atoms with van der Waals surface area (Å²) in [4.78, 5) is 11.4. The van der Waals surface area contributed by atoms with Crippen LogP contribution in [-0.4, -0.2) is 34.0 Å². The Morgan fingerprint density at radius 3 is 2.62 bits per heavy atom. The van der Waals surface area contributed by atoms with Crippen molar-refractivity contribution in [3.63, 3.8) is 0 Å². The molecule has 0 aromatic heterocycles. The summed E-state index contributed by atoms with van der Waals surface area (Å²) in [5.41, 5.74) is 1.39. The van der Waals surface area contributed by atoms with Gasteiger partial charge in [-0.05, 0) is 43.5 Å². The maximum absolute atomic E-state index is 12.4. The summed E-state index contributed by atoms with van der Waals surface area (Å²) in [5.74, 6) is 0.630. The monoisotopic (exact) mass is 312 g/mol. The molecule has 1 unspecified atom stereocenters. The predicted octanol–water partition coefficient (Wildman–Crippen LogP) is 0.869. The topological polar surface area (TPSA) is 84.5 Å². The van der Waals surface area contributed by atoms with E-state index in [4.69, 9.17) is 4.74 Å². The molecule has 6 nitrogen and oxygen atoms in total. The van der Waals surface area contributed by atoms with Crippen molar-refractivity contribution in [2.75, 3.05) is 13.7 Å². The summed E-state index contributed by atoms with van der Waals surface area (Å²) >= 11 is 0. The Balaban J connectivity index is 2.16. The quantitative estimate of drug-likeness (QED) is 0.845. The molecule has 1 aliphatic heterocycles. The van der Waals surface area contributed by atoms with Crippen LogP contribution < -0.4 is 14.8 Å². The fraction of sp³-hybridized carbons (Fsp3) is 0.500. The first kappa shape index (κ1) is 15.8. The number of amides is 1. The molecule has 2 rings (SSSR count). The average molecular weight is 312 g/mol. The van der Waals surface area contributed by atoms with Gasteiger partial charge in [-0.25, -0.2) is 13.1 Å². The highest BCUT2D eigenvalue weighted by molar-refractivity contribution is 7.89. The Morgan fingerprint density at radius 1 is 1.33 bits per heavy atom. The van der Waals surface area contributed by atoms with Gasteiger partial charge in [0.1, 0.15) is 5.75 Å². The lowest BCUT2D eigenvalue weighted by Crippen LogP contribution is -2.38. The van der Waals surface area contributed by atoms with Gasteiger partial charge in [0.25, 0.3) is 0 Å². The van der Waals surface area contributed by atoms with Gasteiger partial charge in [0.05, 0.1) is 12.0 Å². The van der Waals surface area contributed by atoms with E-state index >= 15 is 0 Å². The van der Waals surface area contributed by atoms with Crippen LogP contribution in [0.15, 0.2) is 17.0 Å². The maximum Gasteiger partial charge on any atom is 0.240 e. The van der Waals surface area contributed by atoms with E-state index in [1.807, 2.05) is 0 Å². The summed E-state index contributed by atoms with van der Waals surface area (Å²) < 4.78 is 32.5. The van der Waals surface area contributed by atoms with Crippen LogP contribution in [0.25, 0.3) is 0 Å². The fourth-order valence-corrected chi connectivity index (χ4v) is 3.78. The Bertz CT molecular complexity index is 655. The van der Waals surface area contributed by atoms with Crippen LogP contribution in [0.4, 0.5) is 0 Å². The first-order valence-corrected chi connectivity index (χ1v) is 8.26. The second-order valence-electron chi connectivity index (χ2n) is 5.24. The number of carbonyl (C=O) groups excluding carboxylic acids is 1. The third-order valence-electron chi connectivity index (χ3n) is 3.59. The molecule has 1 aromatic rings. The normalized spacial score (nSPS) is 18.6. The molecule has 0 saturated carbocycles. The molecule has 1 fully saturated rings. The van der Waals surface area contributed by atoms with Gasteiger partial charge in [-0.15, -0.1) is 0 Å². The summed E-state index contributed by atoms with van der Waals surface area (Å²) in [6.45, 7) is 3.74. The Hall–Kier alpha value is -1.60. The summed E-state index contributed by atoms with van der Waals surface area (Å²) in [7, 11) is -2.05. The Kier molecular flexibility index (Phi) is 4.53. The van der Waals surface area contributed by atoms with Gasteiger partial charge in [0.2, 0.25) is 15.9 Å². The average Bonchev–Trinajstić information content (AvgIpc) is 2.84. The molecule has 116 valence electrons. The lowest BCUT2D eigenvalue weighted by Gasteiger charge is -2.15. The van der Waals surface area contributed by atoms with Crippen molar-refractivity contribution in [2.45, 2.75) is 37.6 Å². The molecule has 2 N–H and O–H groups in total. The van der Waals surface area contributed by atoms with Gasteiger partial charge >= 0.3 is 0 Å². The van der Waals surface area contributed by atoms with E-state index < -0.39 is 10.0 Å². The van der Waals surface area contributed by atoms with Gasteiger partial charge in [0.15, 0.2) is 0 Å². The fourth-order valence-electron chi connectivity index (χ4n) is 2.39. The van der Waals surface area contributed by atoms with Gasteiger partial charge < -0.3 is 10.1 Å². The van der Waals surface area contributed by atoms with Crippen molar-refractivity contribution in [3.05, 3.63) is 23.3 Å². The molecule has 1 aliphatic rings. The van der Waals surface area contributed by atoms with Crippen LogP contribution in [0.3, 0.4) is 0 Å². The number of benzene rings is 1. The SMILES string of the molecule is COc1cc(C)c(S(=O)(=O)NCC2CCC(=O)N2)cc1C. The number of sulfonamides is 1. The summed E-state index contributed by atoms with van der Waals surface area (Å²) in [6, 6.07) is 3.18. The summed E-state index contributed by atoms with van der Waals surface area (Å²) in [6.07, 6.45) is 1.11. The van der Waals surface area contributed by atoms with E-state index in [0.717, 1.165) is 5.56 Å². The zero-order valence-electron chi connectivity index (χ0n) is 12.4. The maximum atomic E-state index is 12.4. The first-order chi connectivity index (χ1) is 9.83. The number of rotatable bonds is 5. The van der Waals surface area contributed by atoms with Gasteiger partial charge in [-0.3, -0.25) is 4.79 Å². The minimum atomic E-state index is -3.60. The second-order valence-corrected chi connectivity index (χ2v) is 6.98. The van der Waals surface area contributed by atoms with E-state index in [-0.39, 0.29) is 23.4 Å². The van der Waals surface area contributed by atoms with Crippen molar-refractivity contribution in [2.24, 2.45) is 0 Å². The number of hydrogen-bond donors (Lipinski definition) is 2. The largest absolute Gasteiger partial charge is 0.496 e.